The van der Waals surface area contributed by atoms with Gasteiger partial charge in [-0.25, -0.2) is 9.59 Å². The largest absolute Gasteiger partial charge is 0.479 e. The Bertz CT molecular complexity index is 3100. The minimum Gasteiger partial charge on any atom is -0.479 e. The maximum Gasteiger partial charge on any atom is 0.410 e. The monoisotopic (exact) mass is 1370 g/mol. The summed E-state index contributed by atoms with van der Waals surface area (Å²) in [5.41, 5.74) is -0.896. The number of aliphatic hydroxyl groups is 4. The number of methoxy groups -OCH3 is 3. The third-order valence-electron chi connectivity index (χ3n) is 18.7. The zero-order chi connectivity index (χ0) is 71.9. The Hall–Kier alpha value is -7.68. The van der Waals surface area contributed by atoms with Gasteiger partial charge in [0.1, 0.15) is 42.8 Å². The summed E-state index contributed by atoms with van der Waals surface area (Å²) in [6.45, 7) is 14.5. The molecule has 0 aliphatic carbocycles. The second-order valence-corrected chi connectivity index (χ2v) is 26.1. The van der Waals surface area contributed by atoms with Gasteiger partial charge in [-0.3, -0.25) is 53.1 Å². The van der Waals surface area contributed by atoms with E-state index in [1.807, 2.05) is 24.8 Å². The lowest BCUT2D eigenvalue weighted by atomic mass is 9.86. The average Bonchev–Trinajstić information content (AvgIpc) is 1.72. The molecular weight excluding hydrogens is 1270 g/mol. The van der Waals surface area contributed by atoms with Crippen LogP contribution in [0.25, 0.3) is 0 Å². The van der Waals surface area contributed by atoms with Gasteiger partial charge >= 0.3 is 12.1 Å². The van der Waals surface area contributed by atoms with Crippen LogP contribution < -0.4 is 26.0 Å². The van der Waals surface area contributed by atoms with Gasteiger partial charge in [-0.1, -0.05) is 91.3 Å². The van der Waals surface area contributed by atoms with E-state index in [1.165, 1.54) is 51.5 Å². The molecule has 0 bridgehead atoms. The second kappa shape index (κ2) is 35.2. The molecule has 0 spiro atoms. The predicted molar refractivity (Wildman–Crippen MR) is 348 cm³/mol. The van der Waals surface area contributed by atoms with Crippen LogP contribution in [0.1, 0.15) is 105 Å². The number of rotatable bonds is 34. The lowest BCUT2D eigenvalue weighted by Gasteiger charge is -2.52. The number of carboxylic acid groups (broad SMARTS) is 1. The fraction of sp³-hybridized carbons (Fsp3) is 0.642. The number of aliphatic hydroxyl groups excluding tert-OH is 4. The normalized spacial score (nSPS) is 22.8. The molecule has 0 aromatic heterocycles. The van der Waals surface area contributed by atoms with Gasteiger partial charge < -0.3 is 85.0 Å². The van der Waals surface area contributed by atoms with Gasteiger partial charge in [-0.2, -0.15) is 0 Å². The number of carbonyl (C=O) groups excluding carboxylic acids is 9. The molecule has 3 saturated heterocycles. The van der Waals surface area contributed by atoms with Gasteiger partial charge in [-0.15, -0.1) is 0 Å². The number of ether oxygens (including phenoxy) is 6. The van der Waals surface area contributed by atoms with Gasteiger partial charge in [0.15, 0.2) is 11.6 Å². The Labute approximate surface area is 565 Å². The highest BCUT2D eigenvalue weighted by atomic mass is 16.7. The molecule has 0 radical (unpaired) electrons. The number of carboxylic acids is 1. The number of imide groups is 1. The average molecular weight is 1370 g/mol. The van der Waals surface area contributed by atoms with E-state index < -0.39 is 163 Å². The van der Waals surface area contributed by atoms with E-state index in [0.29, 0.717) is 44.5 Å². The maximum absolute atomic E-state index is 14.9. The Morgan fingerprint density at radius 2 is 1.47 bits per heavy atom. The van der Waals surface area contributed by atoms with Crippen molar-refractivity contribution in [2.24, 2.45) is 23.7 Å². The van der Waals surface area contributed by atoms with E-state index >= 15 is 0 Å². The number of benzene rings is 2. The van der Waals surface area contributed by atoms with Crippen molar-refractivity contribution in [1.82, 2.24) is 40.4 Å². The Balaban J connectivity index is 1.13. The van der Waals surface area contributed by atoms with Crippen LogP contribution in [0.15, 0.2) is 60.7 Å². The van der Waals surface area contributed by atoms with Crippen molar-refractivity contribution in [3.8, 4) is 5.75 Å². The number of carbonyl (C=O) groups is 10. The molecule has 97 heavy (non-hydrogen) atoms. The summed E-state index contributed by atoms with van der Waals surface area (Å²) in [5.74, 6) is -8.56. The molecule has 15 atom stereocenters. The van der Waals surface area contributed by atoms with Gasteiger partial charge in [0.25, 0.3) is 11.8 Å². The van der Waals surface area contributed by atoms with Crippen LogP contribution in [-0.4, -0.2) is 263 Å². The molecule has 30 heteroatoms. The fourth-order valence-electron chi connectivity index (χ4n) is 13.0. The molecule has 2 aromatic rings. The SMILES string of the molecule is CC[C@H](C)[C@@H]([C@@H](CC(=O)N1CCC[C@H]1[C@H](OC)[C@@H](C)C(=O)N[C@H](C)[C@@H](O)c1ccccc1)OC)N(C)C(=O)[C@@H](NC(=O)[C@H](C(C)C)N(C)C(=O)OCc1ccc(O[C@@H]2O[C@H](C(=O)O)[C@@H](O)[C@H](O)[C@H]2O)c(NC(=O)CCNC(=O)C2(N3C(=O)C=CC3=O)CN(CCOC)C2)c1)C(C)C. The topological polar surface area (TPSA) is 392 Å². The number of likely N-dealkylation sites (tertiary alicyclic amines) is 2. The zero-order valence-electron chi connectivity index (χ0n) is 57.6. The first-order chi connectivity index (χ1) is 45.9. The molecule has 3 fully saturated rings. The molecule has 0 unspecified atom stereocenters. The van der Waals surface area contributed by atoms with E-state index in [1.54, 1.807) is 77.8 Å². The first-order valence-electron chi connectivity index (χ1n) is 32.8. The highest BCUT2D eigenvalue weighted by Gasteiger charge is 2.58. The molecule has 538 valence electrons. The molecule has 30 nitrogen and oxygen atoms in total. The van der Waals surface area contributed by atoms with E-state index in [-0.39, 0.29) is 60.8 Å². The van der Waals surface area contributed by atoms with Crippen molar-refractivity contribution in [3.63, 3.8) is 0 Å². The fourth-order valence-corrected chi connectivity index (χ4v) is 13.0. The van der Waals surface area contributed by atoms with Crippen LogP contribution in [0.5, 0.6) is 5.75 Å². The predicted octanol–water partition coefficient (Wildman–Crippen LogP) is 0.921. The van der Waals surface area contributed by atoms with Crippen LogP contribution >= 0.6 is 0 Å². The lowest BCUT2D eigenvalue weighted by molar-refractivity contribution is -0.271. The number of hydrogen-bond acceptors (Lipinski definition) is 21. The zero-order valence-corrected chi connectivity index (χ0v) is 57.6. The molecule has 4 aliphatic rings. The standard InChI is InChI=1S/C67H99N9O21/c1-14-38(6)53(46(93-12)32-50(80)75-28-18-21-44(75)58(94-13)39(7)60(85)69-40(8)54(81)42-19-16-15-17-20-42)72(9)62(87)51(36(2)3)71-61(86)52(37(4)5)73(10)66(91)95-33-41-22-23-45(96-64-57(84)55(82)56(83)59(97-64)63(88)89)43(31-41)70-47(77)26-27-68-65(90)67(34-74(35-67)29-30-92-11)76-48(78)24-25-49(76)79/h15-17,19-20,22-25,31,36-40,44,46,51-59,64,81-84H,14,18,21,26-30,32-35H2,1-13H3,(H,68,90)(H,69,85)(H,70,77)(H,71,86)(H,88,89)/t38-,39+,40+,44-,46+,51-,52-,53-,54+,55-,56-,57+,58+,59-,64+/m0/s1. The Kier molecular flexibility index (Phi) is 28.4. The summed E-state index contributed by atoms with van der Waals surface area (Å²) in [6.07, 6.45) is -10.2. The quantitative estimate of drug-likeness (QED) is 0.0440. The third-order valence-corrected chi connectivity index (χ3v) is 18.7. The molecule has 0 saturated carbocycles. The summed E-state index contributed by atoms with van der Waals surface area (Å²) in [6, 6.07) is 8.76. The van der Waals surface area contributed by atoms with Gasteiger partial charge in [0.2, 0.25) is 41.7 Å². The van der Waals surface area contributed by atoms with E-state index in [4.69, 9.17) is 28.4 Å². The minimum absolute atomic E-state index is 0.00538. The number of likely N-dealkylation sites (N-methyl/N-ethyl adjacent to an activating group) is 2. The van der Waals surface area contributed by atoms with Crippen LogP contribution in [-0.2, 0) is 73.4 Å². The van der Waals surface area contributed by atoms with Crippen molar-refractivity contribution >= 4 is 65.0 Å². The van der Waals surface area contributed by atoms with Crippen molar-refractivity contribution in [2.75, 3.05) is 80.1 Å². The van der Waals surface area contributed by atoms with Crippen molar-refractivity contribution < 1.29 is 102 Å². The van der Waals surface area contributed by atoms with Crippen LogP contribution in [0, 0.1) is 23.7 Å². The summed E-state index contributed by atoms with van der Waals surface area (Å²) in [4.78, 5) is 144. The van der Waals surface area contributed by atoms with Crippen molar-refractivity contribution in [2.45, 2.75) is 179 Å². The molecule has 9 amide bonds. The molecule has 2 aromatic carbocycles. The summed E-state index contributed by atoms with van der Waals surface area (Å²) >= 11 is 0. The summed E-state index contributed by atoms with van der Waals surface area (Å²) < 4.78 is 34.1. The Morgan fingerprint density at radius 3 is 2.06 bits per heavy atom. The molecular formula is C67H99N9O21. The molecule has 9 N–H and O–H groups in total. The number of hydrogen-bond donors (Lipinski definition) is 9. The first kappa shape index (κ1) is 78.3. The molecule has 4 aliphatic heterocycles. The highest BCUT2D eigenvalue weighted by molar-refractivity contribution is 6.16. The summed E-state index contributed by atoms with van der Waals surface area (Å²) in [5, 5.41) is 63.4. The van der Waals surface area contributed by atoms with Crippen LogP contribution in [0.4, 0.5) is 10.5 Å². The maximum atomic E-state index is 14.9. The van der Waals surface area contributed by atoms with Gasteiger partial charge in [0, 0.05) is 86.7 Å². The highest BCUT2D eigenvalue weighted by Crippen LogP contribution is 2.35. The number of anilines is 1. The Morgan fingerprint density at radius 1 is 0.814 bits per heavy atom. The number of amides is 9. The second-order valence-electron chi connectivity index (χ2n) is 26.1. The number of aliphatic carboxylic acids is 1. The summed E-state index contributed by atoms with van der Waals surface area (Å²) in [7, 11) is 7.40. The third kappa shape index (κ3) is 18.8. The number of nitrogens with one attached hydrogen (secondary N) is 4. The van der Waals surface area contributed by atoms with E-state index in [9.17, 15) is 73.5 Å². The van der Waals surface area contributed by atoms with Crippen molar-refractivity contribution in [3.05, 3.63) is 71.8 Å². The van der Waals surface area contributed by atoms with Crippen LogP contribution in [0.3, 0.4) is 0 Å². The number of nitrogens with zero attached hydrogens (tertiary/aromatic N) is 5. The van der Waals surface area contributed by atoms with Crippen LogP contribution in [0.2, 0.25) is 0 Å². The molecule has 6 rings (SSSR count). The van der Waals surface area contributed by atoms with E-state index in [2.05, 4.69) is 21.3 Å². The smallest absolute Gasteiger partial charge is 0.410 e. The van der Waals surface area contributed by atoms with E-state index in [0.717, 1.165) is 22.0 Å². The minimum atomic E-state index is -2.05. The first-order valence-corrected chi connectivity index (χ1v) is 32.8. The van der Waals surface area contributed by atoms with Crippen molar-refractivity contribution in [1.29, 1.82) is 0 Å². The van der Waals surface area contributed by atoms with Gasteiger partial charge in [-0.05, 0) is 60.8 Å². The van der Waals surface area contributed by atoms with Gasteiger partial charge in [0.05, 0.1) is 61.1 Å². The molecule has 4 heterocycles. The lowest BCUT2D eigenvalue weighted by Crippen LogP contribution is -2.77.